The van der Waals surface area contributed by atoms with Crippen molar-refractivity contribution in [3.8, 4) is 0 Å². The van der Waals surface area contributed by atoms with Crippen LogP contribution in [0.3, 0.4) is 0 Å². The lowest BCUT2D eigenvalue weighted by molar-refractivity contribution is 0.178. The second-order valence-electron chi connectivity index (χ2n) is 4.89. The molecule has 0 fully saturated rings. The summed E-state index contributed by atoms with van der Waals surface area (Å²) in [6.45, 7) is 13.8. The standard InChI is InChI=1S/C14H25N/c1-7-8-9-10-13(2)11-12-15(6)14(3,4)5/h7-10H,2,11-12H2,1,3-6H3/b8-7-,10-9-. The normalized spacial score (nSPS) is 13.2. The summed E-state index contributed by atoms with van der Waals surface area (Å²) in [7, 11) is 2.16. The summed E-state index contributed by atoms with van der Waals surface area (Å²) in [6.07, 6.45) is 9.20. The van der Waals surface area contributed by atoms with Crippen LogP contribution in [0.25, 0.3) is 0 Å². The van der Waals surface area contributed by atoms with Gasteiger partial charge in [-0.25, -0.2) is 0 Å². The lowest BCUT2D eigenvalue weighted by Crippen LogP contribution is -2.38. The molecule has 0 aliphatic heterocycles. The Morgan fingerprint density at radius 3 is 2.33 bits per heavy atom. The van der Waals surface area contributed by atoms with Gasteiger partial charge in [-0.1, -0.05) is 36.5 Å². The van der Waals surface area contributed by atoms with E-state index >= 15 is 0 Å². The van der Waals surface area contributed by atoms with Crippen molar-refractivity contribution in [3.05, 3.63) is 36.5 Å². The van der Waals surface area contributed by atoms with E-state index < -0.39 is 0 Å². The van der Waals surface area contributed by atoms with Gasteiger partial charge in [0.15, 0.2) is 0 Å². The molecule has 0 unspecified atom stereocenters. The van der Waals surface area contributed by atoms with Gasteiger partial charge in [0.2, 0.25) is 0 Å². The lowest BCUT2D eigenvalue weighted by Gasteiger charge is -2.31. The van der Waals surface area contributed by atoms with Gasteiger partial charge >= 0.3 is 0 Å². The van der Waals surface area contributed by atoms with E-state index in [-0.39, 0.29) is 5.54 Å². The minimum Gasteiger partial charge on any atom is -0.301 e. The molecule has 0 saturated heterocycles. The van der Waals surface area contributed by atoms with E-state index in [1.807, 2.05) is 25.2 Å². The molecule has 86 valence electrons. The Labute approximate surface area is 95.2 Å². The average molecular weight is 207 g/mol. The Balaban J connectivity index is 3.91. The number of hydrogen-bond donors (Lipinski definition) is 0. The zero-order valence-electron chi connectivity index (χ0n) is 10.9. The molecular weight excluding hydrogens is 182 g/mol. The summed E-state index contributed by atoms with van der Waals surface area (Å²) in [5, 5.41) is 0. The number of hydrogen-bond acceptors (Lipinski definition) is 1. The van der Waals surface area contributed by atoms with Crippen LogP contribution in [-0.2, 0) is 0 Å². The maximum atomic E-state index is 4.03. The van der Waals surface area contributed by atoms with Crippen LogP contribution in [0.5, 0.6) is 0 Å². The Morgan fingerprint density at radius 2 is 1.87 bits per heavy atom. The molecule has 0 bridgehead atoms. The fraction of sp³-hybridized carbons (Fsp3) is 0.571. The number of nitrogens with zero attached hydrogens (tertiary/aromatic N) is 1. The molecule has 15 heavy (non-hydrogen) atoms. The first-order valence-corrected chi connectivity index (χ1v) is 5.56. The summed E-state index contributed by atoms with van der Waals surface area (Å²) < 4.78 is 0. The maximum absolute atomic E-state index is 4.03. The molecule has 0 rings (SSSR count). The van der Waals surface area contributed by atoms with E-state index in [0.717, 1.165) is 13.0 Å². The van der Waals surface area contributed by atoms with Crippen LogP contribution in [0.1, 0.15) is 34.1 Å². The molecular formula is C14H25N. The van der Waals surface area contributed by atoms with Gasteiger partial charge in [0.1, 0.15) is 0 Å². The number of rotatable bonds is 5. The molecule has 0 aromatic rings. The zero-order valence-corrected chi connectivity index (χ0v) is 10.9. The molecule has 0 saturated carbocycles. The molecule has 0 N–H and O–H groups in total. The van der Waals surface area contributed by atoms with Crippen LogP contribution in [-0.4, -0.2) is 24.0 Å². The van der Waals surface area contributed by atoms with Crippen LogP contribution >= 0.6 is 0 Å². The van der Waals surface area contributed by atoms with Crippen LogP contribution in [0.4, 0.5) is 0 Å². The molecule has 0 radical (unpaired) electrons. The number of allylic oxidation sites excluding steroid dienone is 4. The van der Waals surface area contributed by atoms with E-state index in [0.29, 0.717) is 0 Å². The average Bonchev–Trinajstić information content (AvgIpc) is 2.13. The van der Waals surface area contributed by atoms with Gasteiger partial charge in [-0.2, -0.15) is 0 Å². The molecule has 0 aromatic heterocycles. The summed E-state index contributed by atoms with van der Waals surface area (Å²) in [4.78, 5) is 2.35. The van der Waals surface area contributed by atoms with Gasteiger partial charge in [-0.05, 0) is 41.2 Å². The first-order valence-electron chi connectivity index (χ1n) is 5.56. The van der Waals surface area contributed by atoms with E-state index in [2.05, 4.69) is 45.4 Å². The van der Waals surface area contributed by atoms with Crippen LogP contribution in [0, 0.1) is 0 Å². The molecule has 0 aliphatic rings. The topological polar surface area (TPSA) is 3.24 Å². The van der Waals surface area contributed by atoms with Gasteiger partial charge in [0, 0.05) is 12.1 Å². The van der Waals surface area contributed by atoms with Gasteiger partial charge in [0.05, 0.1) is 0 Å². The summed E-state index contributed by atoms with van der Waals surface area (Å²) in [5.74, 6) is 0. The van der Waals surface area contributed by atoms with Gasteiger partial charge in [0.25, 0.3) is 0 Å². The van der Waals surface area contributed by atoms with Gasteiger partial charge in [-0.15, -0.1) is 0 Å². The fourth-order valence-electron chi connectivity index (χ4n) is 1.03. The Morgan fingerprint density at radius 1 is 1.27 bits per heavy atom. The van der Waals surface area contributed by atoms with Crippen molar-refractivity contribution in [1.82, 2.24) is 4.90 Å². The van der Waals surface area contributed by atoms with E-state index in [4.69, 9.17) is 0 Å². The van der Waals surface area contributed by atoms with E-state index in [1.54, 1.807) is 0 Å². The maximum Gasteiger partial charge on any atom is 0.0122 e. The highest BCUT2D eigenvalue weighted by atomic mass is 15.1. The molecule has 0 spiro atoms. The summed E-state index contributed by atoms with van der Waals surface area (Å²) in [5.41, 5.74) is 1.43. The van der Waals surface area contributed by atoms with Crippen molar-refractivity contribution >= 4 is 0 Å². The third-order valence-corrected chi connectivity index (χ3v) is 2.55. The highest BCUT2D eigenvalue weighted by Crippen LogP contribution is 2.12. The molecule has 0 amide bonds. The van der Waals surface area contributed by atoms with E-state index in [1.165, 1.54) is 5.57 Å². The minimum absolute atomic E-state index is 0.243. The highest BCUT2D eigenvalue weighted by molar-refractivity contribution is 5.19. The Bertz CT molecular complexity index is 241. The quantitative estimate of drug-likeness (QED) is 0.620. The second kappa shape index (κ2) is 6.62. The predicted octanol–water partition coefficient (Wildman–Crippen LogP) is 3.80. The highest BCUT2D eigenvalue weighted by Gasteiger charge is 2.15. The van der Waals surface area contributed by atoms with Crippen molar-refractivity contribution in [2.75, 3.05) is 13.6 Å². The van der Waals surface area contributed by atoms with Crippen molar-refractivity contribution in [3.63, 3.8) is 0 Å². The van der Waals surface area contributed by atoms with E-state index in [9.17, 15) is 0 Å². The predicted molar refractivity (Wildman–Crippen MR) is 70.1 cm³/mol. The van der Waals surface area contributed by atoms with Crippen LogP contribution in [0.2, 0.25) is 0 Å². The van der Waals surface area contributed by atoms with Gasteiger partial charge in [-0.3, -0.25) is 0 Å². The molecule has 0 aliphatic carbocycles. The third kappa shape index (κ3) is 7.15. The Kier molecular flexibility index (Phi) is 6.26. The van der Waals surface area contributed by atoms with Crippen molar-refractivity contribution in [2.45, 2.75) is 39.7 Å². The largest absolute Gasteiger partial charge is 0.301 e. The zero-order chi connectivity index (χ0) is 11.9. The third-order valence-electron chi connectivity index (χ3n) is 2.55. The van der Waals surface area contributed by atoms with Crippen LogP contribution in [0.15, 0.2) is 36.5 Å². The fourth-order valence-corrected chi connectivity index (χ4v) is 1.03. The Hall–Kier alpha value is -0.820. The minimum atomic E-state index is 0.243. The van der Waals surface area contributed by atoms with Crippen molar-refractivity contribution < 1.29 is 0 Å². The molecule has 0 aromatic carbocycles. The van der Waals surface area contributed by atoms with Crippen molar-refractivity contribution in [2.24, 2.45) is 0 Å². The summed E-state index contributed by atoms with van der Waals surface area (Å²) in [6, 6.07) is 0. The van der Waals surface area contributed by atoms with Gasteiger partial charge < -0.3 is 4.90 Å². The molecule has 1 nitrogen and oxygen atoms in total. The second-order valence-corrected chi connectivity index (χ2v) is 4.89. The smallest absolute Gasteiger partial charge is 0.0122 e. The monoisotopic (exact) mass is 207 g/mol. The van der Waals surface area contributed by atoms with Crippen LogP contribution < -0.4 is 0 Å². The first kappa shape index (κ1) is 14.2. The lowest BCUT2D eigenvalue weighted by atomic mass is 10.1. The summed E-state index contributed by atoms with van der Waals surface area (Å²) >= 11 is 0. The van der Waals surface area contributed by atoms with Crippen molar-refractivity contribution in [1.29, 1.82) is 0 Å². The SMILES string of the molecule is C=C(/C=C\C=C/C)CCN(C)C(C)(C)C. The first-order chi connectivity index (χ1) is 6.88. The molecule has 0 heterocycles. The molecule has 0 atom stereocenters. The molecule has 1 heteroatoms.